The molecule has 0 radical (unpaired) electrons. The van der Waals surface area contributed by atoms with Gasteiger partial charge in [-0.05, 0) is 42.2 Å². The van der Waals surface area contributed by atoms with E-state index < -0.39 is 27.5 Å². The van der Waals surface area contributed by atoms with Gasteiger partial charge in [-0.15, -0.1) is 0 Å². The first-order chi connectivity index (χ1) is 15.3. The number of hydrogen-bond donors (Lipinski definition) is 1. The summed E-state index contributed by atoms with van der Waals surface area (Å²) in [5.41, 5.74) is 3.50. The first-order valence-corrected chi connectivity index (χ1v) is 12.0. The maximum Gasteiger partial charge on any atom is 0.290 e. The lowest BCUT2D eigenvalue weighted by Crippen LogP contribution is -2.30. The van der Waals surface area contributed by atoms with Crippen LogP contribution >= 0.6 is 0 Å². The Labute approximate surface area is 188 Å². The number of rotatable bonds is 6. The molecule has 0 saturated heterocycles. The number of nitrogens with zero attached hydrogens (tertiary/aromatic N) is 1. The van der Waals surface area contributed by atoms with Crippen LogP contribution in [0, 0.1) is 6.92 Å². The molecular formula is C26H25NO4S. The molecule has 1 amide bonds. The molecule has 1 heterocycles. The van der Waals surface area contributed by atoms with Gasteiger partial charge in [0.15, 0.2) is 5.76 Å². The van der Waals surface area contributed by atoms with Crippen molar-refractivity contribution >= 4 is 15.7 Å². The smallest absolute Gasteiger partial charge is 0.290 e. The maximum atomic E-state index is 13.6. The van der Waals surface area contributed by atoms with E-state index in [4.69, 9.17) is 0 Å². The van der Waals surface area contributed by atoms with Gasteiger partial charge in [0.1, 0.15) is 4.91 Å². The summed E-state index contributed by atoms with van der Waals surface area (Å²) in [6, 6.07) is 22.3. The van der Waals surface area contributed by atoms with E-state index in [1.165, 1.54) is 17.0 Å². The molecule has 4 rings (SSSR count). The van der Waals surface area contributed by atoms with Gasteiger partial charge in [-0.25, -0.2) is 8.42 Å². The maximum absolute atomic E-state index is 13.6. The van der Waals surface area contributed by atoms with E-state index in [9.17, 15) is 18.3 Å². The molecule has 0 aromatic heterocycles. The average Bonchev–Trinajstić information content (AvgIpc) is 3.05. The van der Waals surface area contributed by atoms with Crippen molar-refractivity contribution in [3.8, 4) is 0 Å². The Morgan fingerprint density at radius 1 is 0.875 bits per heavy atom. The van der Waals surface area contributed by atoms with Gasteiger partial charge in [0.05, 0.1) is 10.9 Å². The molecule has 1 aliphatic heterocycles. The predicted molar refractivity (Wildman–Crippen MR) is 124 cm³/mol. The third-order valence-corrected chi connectivity index (χ3v) is 7.67. The van der Waals surface area contributed by atoms with Gasteiger partial charge in [0.25, 0.3) is 5.91 Å². The van der Waals surface area contributed by atoms with Crippen molar-refractivity contribution in [3.63, 3.8) is 0 Å². The van der Waals surface area contributed by atoms with E-state index in [1.807, 2.05) is 68.4 Å². The Kier molecular flexibility index (Phi) is 5.89. The zero-order valence-electron chi connectivity index (χ0n) is 18.0. The molecular weight excluding hydrogens is 422 g/mol. The fourth-order valence-corrected chi connectivity index (χ4v) is 5.61. The minimum Gasteiger partial charge on any atom is -0.502 e. The predicted octanol–water partition coefficient (Wildman–Crippen LogP) is 4.88. The lowest BCUT2D eigenvalue weighted by Gasteiger charge is -2.27. The van der Waals surface area contributed by atoms with Crippen LogP contribution in [0.1, 0.15) is 35.2 Å². The van der Waals surface area contributed by atoms with Crippen molar-refractivity contribution in [1.82, 2.24) is 4.90 Å². The number of carbonyl (C=O) groups excluding carboxylic acids is 1. The first kappa shape index (κ1) is 21.8. The van der Waals surface area contributed by atoms with E-state index in [0.29, 0.717) is 5.56 Å². The van der Waals surface area contributed by atoms with Crippen molar-refractivity contribution in [1.29, 1.82) is 0 Å². The van der Waals surface area contributed by atoms with Crippen LogP contribution in [-0.2, 0) is 27.6 Å². The second-order valence-corrected chi connectivity index (χ2v) is 9.86. The molecule has 1 N–H and O–H groups in total. The lowest BCUT2D eigenvalue weighted by atomic mass is 10.0. The Hall–Kier alpha value is -3.38. The monoisotopic (exact) mass is 447 g/mol. The molecule has 3 aromatic rings. The quantitative estimate of drug-likeness (QED) is 0.584. The molecule has 164 valence electrons. The highest BCUT2D eigenvalue weighted by molar-refractivity contribution is 7.95. The largest absolute Gasteiger partial charge is 0.502 e. The number of benzene rings is 3. The molecule has 6 heteroatoms. The number of aryl methyl sites for hydroxylation is 2. The van der Waals surface area contributed by atoms with Crippen LogP contribution in [0.4, 0.5) is 0 Å². The standard InChI is InChI=1S/C26H25NO4S/c1-3-19-11-13-21(14-12-19)23-25(32(30,31)22-15-9-18(2)10-16-22)24(28)26(29)27(23)17-20-7-5-4-6-8-20/h4-16,23,28H,3,17H2,1-2H3/t23-/m1/s1. The van der Waals surface area contributed by atoms with Gasteiger partial charge in [0, 0.05) is 6.54 Å². The molecule has 0 unspecified atom stereocenters. The third kappa shape index (κ3) is 3.94. The number of carbonyl (C=O) groups is 1. The normalized spacial score (nSPS) is 16.6. The highest BCUT2D eigenvalue weighted by Gasteiger charge is 2.46. The van der Waals surface area contributed by atoms with Gasteiger partial charge in [-0.3, -0.25) is 4.79 Å². The fraction of sp³-hybridized carbons (Fsp3) is 0.192. The molecule has 3 aromatic carbocycles. The van der Waals surface area contributed by atoms with Crippen LogP contribution in [0.2, 0.25) is 0 Å². The van der Waals surface area contributed by atoms with Crippen molar-refractivity contribution < 1.29 is 18.3 Å². The SMILES string of the molecule is CCc1ccc([C@@H]2C(S(=O)(=O)c3ccc(C)cc3)=C(O)C(=O)N2Cc2ccccc2)cc1. The molecule has 0 spiro atoms. The summed E-state index contributed by atoms with van der Waals surface area (Å²) in [4.78, 5) is 14.3. The Balaban J connectivity index is 1.85. The highest BCUT2D eigenvalue weighted by Crippen LogP contribution is 2.43. The van der Waals surface area contributed by atoms with E-state index in [1.54, 1.807) is 12.1 Å². The van der Waals surface area contributed by atoms with Crippen LogP contribution in [-0.4, -0.2) is 24.3 Å². The number of aliphatic hydroxyl groups is 1. The van der Waals surface area contributed by atoms with Crippen molar-refractivity contribution in [2.24, 2.45) is 0 Å². The summed E-state index contributed by atoms with van der Waals surface area (Å²) in [6.45, 7) is 4.08. The third-order valence-electron chi connectivity index (χ3n) is 5.78. The second-order valence-electron chi connectivity index (χ2n) is 7.95. The Morgan fingerprint density at radius 3 is 2.09 bits per heavy atom. The van der Waals surface area contributed by atoms with Crippen molar-refractivity contribution in [2.75, 3.05) is 0 Å². The first-order valence-electron chi connectivity index (χ1n) is 10.5. The Bertz CT molecular complexity index is 1260. The van der Waals surface area contributed by atoms with Crippen LogP contribution in [0.25, 0.3) is 0 Å². The summed E-state index contributed by atoms with van der Waals surface area (Å²) in [5, 5.41) is 10.8. The molecule has 1 aliphatic rings. The Morgan fingerprint density at radius 2 is 1.50 bits per heavy atom. The molecule has 32 heavy (non-hydrogen) atoms. The van der Waals surface area contributed by atoms with Gasteiger partial charge in [-0.2, -0.15) is 0 Å². The molecule has 1 atom stereocenters. The highest BCUT2D eigenvalue weighted by atomic mass is 32.2. The molecule has 5 nitrogen and oxygen atoms in total. The fourth-order valence-electron chi connectivity index (χ4n) is 3.96. The molecule has 0 saturated carbocycles. The molecule has 0 aliphatic carbocycles. The zero-order valence-corrected chi connectivity index (χ0v) is 18.8. The molecule has 0 fully saturated rings. The average molecular weight is 448 g/mol. The number of hydrogen-bond acceptors (Lipinski definition) is 4. The number of sulfone groups is 1. The second kappa shape index (κ2) is 8.63. The summed E-state index contributed by atoms with van der Waals surface area (Å²) >= 11 is 0. The minimum atomic E-state index is -4.11. The van der Waals surface area contributed by atoms with Gasteiger partial charge < -0.3 is 10.0 Å². The van der Waals surface area contributed by atoms with Crippen LogP contribution in [0.3, 0.4) is 0 Å². The number of aliphatic hydroxyl groups excluding tert-OH is 1. The van der Waals surface area contributed by atoms with Gasteiger partial charge in [-0.1, -0.05) is 79.2 Å². The van der Waals surface area contributed by atoms with E-state index >= 15 is 0 Å². The molecule has 0 bridgehead atoms. The summed E-state index contributed by atoms with van der Waals surface area (Å²) in [5.74, 6) is -1.41. The van der Waals surface area contributed by atoms with Crippen LogP contribution in [0.15, 0.2) is 94.4 Å². The summed E-state index contributed by atoms with van der Waals surface area (Å²) in [7, 11) is -4.11. The van der Waals surface area contributed by atoms with E-state index in [2.05, 4.69) is 0 Å². The lowest BCUT2D eigenvalue weighted by molar-refractivity contribution is -0.130. The van der Waals surface area contributed by atoms with Crippen LogP contribution < -0.4 is 0 Å². The van der Waals surface area contributed by atoms with Gasteiger partial charge >= 0.3 is 0 Å². The minimum absolute atomic E-state index is 0.0502. The topological polar surface area (TPSA) is 74.7 Å². The van der Waals surface area contributed by atoms with E-state index in [-0.39, 0.29) is 16.3 Å². The zero-order chi connectivity index (χ0) is 22.9. The summed E-state index contributed by atoms with van der Waals surface area (Å²) in [6.07, 6.45) is 0.840. The van der Waals surface area contributed by atoms with E-state index in [0.717, 1.165) is 23.1 Å². The van der Waals surface area contributed by atoms with Crippen molar-refractivity contribution in [3.05, 3.63) is 112 Å². The van der Waals surface area contributed by atoms with Gasteiger partial charge in [0.2, 0.25) is 9.84 Å². The summed E-state index contributed by atoms with van der Waals surface area (Å²) < 4.78 is 27.2. The van der Waals surface area contributed by atoms with Crippen LogP contribution in [0.5, 0.6) is 0 Å². The van der Waals surface area contributed by atoms with Crippen molar-refractivity contribution in [2.45, 2.75) is 37.8 Å². The number of amides is 1.